The van der Waals surface area contributed by atoms with Gasteiger partial charge in [0, 0.05) is 0 Å². The number of benzene rings is 3. The van der Waals surface area contributed by atoms with Crippen LogP contribution in [0.5, 0.6) is 0 Å². The average molecular weight is 501 g/mol. The van der Waals surface area contributed by atoms with Gasteiger partial charge in [0.15, 0.2) is 0 Å². The smallest absolute Gasteiger partial charge is 0.199 e. The van der Waals surface area contributed by atoms with Crippen LogP contribution in [0.2, 0.25) is 0 Å². The first-order valence-corrected chi connectivity index (χ1v) is 10.7. The third-order valence-electron chi connectivity index (χ3n) is 5.57. The largest absolute Gasteiger partial charge is 3.00 e. The monoisotopic (exact) mass is 499 g/mol. The quantitative estimate of drug-likeness (QED) is 0.270. The van der Waals surface area contributed by atoms with Crippen LogP contribution in [-0.4, -0.2) is 0 Å². The molecule has 0 N–H and O–H groups in total. The Morgan fingerprint density at radius 1 is 0.469 bits per heavy atom. The molecule has 3 aromatic carbocycles. The predicted molar refractivity (Wildman–Crippen MR) is 139 cm³/mol. The van der Waals surface area contributed by atoms with Gasteiger partial charge in [-0.25, -0.2) is 0 Å². The van der Waals surface area contributed by atoms with Crippen molar-refractivity contribution >= 4 is 0 Å². The molecule has 0 heterocycles. The standard InChI is InChI=1S/C10H16.3C7H7.Zr/c1-6-7(2)9(4)10(5)8(6)3;3*1-7-5-3-2-4-6-7;/h6H,1-5H3;3*2-6H,1H2;/q;3*-1;+3. The molecule has 0 unspecified atom stereocenters. The van der Waals surface area contributed by atoms with Crippen LogP contribution in [0.1, 0.15) is 51.3 Å². The van der Waals surface area contributed by atoms with Crippen molar-refractivity contribution in [2.75, 3.05) is 0 Å². The van der Waals surface area contributed by atoms with Crippen molar-refractivity contribution in [3.63, 3.8) is 0 Å². The Kier molecular flexibility index (Phi) is 15.1. The molecular weight excluding hydrogens is 464 g/mol. The van der Waals surface area contributed by atoms with E-state index in [1.54, 1.807) is 11.1 Å². The molecule has 0 aliphatic heterocycles. The van der Waals surface area contributed by atoms with Gasteiger partial charge in [-0.1, -0.05) is 36.3 Å². The van der Waals surface area contributed by atoms with Crippen LogP contribution in [-0.2, 0) is 26.2 Å². The van der Waals surface area contributed by atoms with Crippen LogP contribution >= 0.6 is 0 Å². The Morgan fingerprint density at radius 2 is 0.688 bits per heavy atom. The topological polar surface area (TPSA) is 0 Å². The van der Waals surface area contributed by atoms with E-state index < -0.39 is 0 Å². The Balaban J connectivity index is 0.000000401. The summed E-state index contributed by atoms with van der Waals surface area (Å²) in [5, 5.41) is 0. The number of hydrogen-bond donors (Lipinski definition) is 0. The molecule has 1 heteroatoms. The third-order valence-corrected chi connectivity index (χ3v) is 5.57. The fourth-order valence-corrected chi connectivity index (χ4v) is 3.00. The van der Waals surface area contributed by atoms with Crippen molar-refractivity contribution in [3.05, 3.63) is 151 Å². The van der Waals surface area contributed by atoms with E-state index in [1.165, 1.54) is 11.1 Å². The molecule has 0 amide bonds. The van der Waals surface area contributed by atoms with Crippen molar-refractivity contribution in [1.82, 2.24) is 0 Å². The van der Waals surface area contributed by atoms with Gasteiger partial charge in [-0.2, -0.15) is 73.9 Å². The van der Waals surface area contributed by atoms with E-state index in [0.717, 1.165) is 16.7 Å². The summed E-state index contributed by atoms with van der Waals surface area (Å²) in [6.45, 7) is 22.4. The molecule has 0 atom stereocenters. The van der Waals surface area contributed by atoms with E-state index in [0.29, 0.717) is 5.92 Å². The Hall–Kier alpha value is -2.37. The molecule has 165 valence electrons. The minimum absolute atomic E-state index is 0. The zero-order chi connectivity index (χ0) is 23.2. The first-order valence-electron chi connectivity index (χ1n) is 10.7. The third kappa shape index (κ3) is 11.3. The number of hydrogen-bond acceptors (Lipinski definition) is 0. The van der Waals surface area contributed by atoms with Gasteiger partial charge in [0.25, 0.3) is 0 Å². The van der Waals surface area contributed by atoms with E-state index >= 15 is 0 Å². The molecular formula is C31H37Zr. The van der Waals surface area contributed by atoms with Gasteiger partial charge >= 0.3 is 26.2 Å². The van der Waals surface area contributed by atoms with Crippen LogP contribution in [0.25, 0.3) is 0 Å². The summed E-state index contributed by atoms with van der Waals surface area (Å²) >= 11 is 0. The summed E-state index contributed by atoms with van der Waals surface area (Å²) in [6, 6.07) is 29.6. The van der Waals surface area contributed by atoms with E-state index in [1.807, 2.05) is 91.0 Å². The minimum Gasteiger partial charge on any atom is -0.199 e. The summed E-state index contributed by atoms with van der Waals surface area (Å²) in [7, 11) is 0. The van der Waals surface area contributed by atoms with Gasteiger partial charge < -0.3 is 0 Å². The summed E-state index contributed by atoms with van der Waals surface area (Å²) < 4.78 is 0. The van der Waals surface area contributed by atoms with Crippen molar-refractivity contribution in [2.24, 2.45) is 5.92 Å². The second kappa shape index (κ2) is 16.3. The van der Waals surface area contributed by atoms with Crippen molar-refractivity contribution in [1.29, 1.82) is 0 Å². The molecule has 1 radical (unpaired) electrons. The van der Waals surface area contributed by atoms with Gasteiger partial charge in [-0.15, -0.1) is 36.4 Å². The zero-order valence-corrected chi connectivity index (χ0v) is 22.8. The molecule has 0 saturated heterocycles. The van der Waals surface area contributed by atoms with Crippen LogP contribution in [0.4, 0.5) is 0 Å². The molecule has 0 nitrogen and oxygen atoms in total. The van der Waals surface area contributed by atoms with Gasteiger partial charge in [-0.3, -0.25) is 0 Å². The molecule has 32 heavy (non-hydrogen) atoms. The molecule has 4 rings (SSSR count). The second-order valence-electron chi connectivity index (χ2n) is 7.79. The molecule has 1 aliphatic carbocycles. The van der Waals surface area contributed by atoms with E-state index in [4.69, 9.17) is 0 Å². The SMILES string of the molecule is CC1=C(C)C(C)C(C)=C1C.[CH2-]c1ccccc1.[CH2-]c1ccccc1.[CH2-]c1ccccc1.[Zr+3]. The maximum absolute atomic E-state index is 3.72. The molecule has 0 saturated carbocycles. The van der Waals surface area contributed by atoms with Crippen LogP contribution < -0.4 is 0 Å². The predicted octanol–water partition coefficient (Wildman–Crippen LogP) is 8.91. The molecule has 0 fully saturated rings. The van der Waals surface area contributed by atoms with E-state index in [9.17, 15) is 0 Å². The summed E-state index contributed by atoms with van der Waals surface area (Å²) in [4.78, 5) is 0. The number of allylic oxidation sites excluding steroid dienone is 4. The normalized spacial score (nSPS) is 12.3. The van der Waals surface area contributed by atoms with Gasteiger partial charge in [0.2, 0.25) is 0 Å². The maximum Gasteiger partial charge on any atom is 3.00 e. The molecule has 0 aromatic heterocycles. The summed E-state index contributed by atoms with van der Waals surface area (Å²) in [5.74, 6) is 0.694. The average Bonchev–Trinajstić information content (AvgIpc) is 2.94. The van der Waals surface area contributed by atoms with Crippen LogP contribution in [0.15, 0.2) is 113 Å². The van der Waals surface area contributed by atoms with Crippen molar-refractivity contribution in [3.8, 4) is 0 Å². The maximum atomic E-state index is 3.72. The molecule has 0 spiro atoms. The Bertz CT molecular complexity index is 822. The number of rotatable bonds is 0. The first kappa shape index (κ1) is 29.6. The first-order chi connectivity index (χ1) is 14.7. The molecule has 1 aliphatic rings. The Labute approximate surface area is 216 Å². The summed E-state index contributed by atoms with van der Waals surface area (Å²) in [6.07, 6.45) is 0. The van der Waals surface area contributed by atoms with Crippen LogP contribution in [0, 0.1) is 26.7 Å². The molecule has 0 bridgehead atoms. The minimum atomic E-state index is 0. The fourth-order valence-electron chi connectivity index (χ4n) is 3.00. The fraction of sp³-hybridized carbons (Fsp3) is 0.194. The zero-order valence-electron chi connectivity index (χ0n) is 20.4. The van der Waals surface area contributed by atoms with Gasteiger partial charge in [0.1, 0.15) is 0 Å². The van der Waals surface area contributed by atoms with Gasteiger partial charge in [0.05, 0.1) is 0 Å². The van der Waals surface area contributed by atoms with E-state index in [2.05, 4.69) is 55.4 Å². The van der Waals surface area contributed by atoms with Gasteiger partial charge in [-0.05, 0) is 44.8 Å². The van der Waals surface area contributed by atoms with Crippen LogP contribution in [0.3, 0.4) is 0 Å². The van der Waals surface area contributed by atoms with E-state index in [-0.39, 0.29) is 26.2 Å². The van der Waals surface area contributed by atoms with Crippen molar-refractivity contribution < 1.29 is 26.2 Å². The van der Waals surface area contributed by atoms with Crippen molar-refractivity contribution in [2.45, 2.75) is 34.6 Å². The summed E-state index contributed by atoms with van der Waals surface area (Å²) in [5.41, 5.74) is 9.33. The second-order valence-corrected chi connectivity index (χ2v) is 7.79. The molecule has 3 aromatic rings. The Morgan fingerprint density at radius 3 is 0.781 bits per heavy atom.